The molecule has 16 aliphatic rings. The third-order valence-corrected chi connectivity index (χ3v) is 26.9. The summed E-state index contributed by atoms with van der Waals surface area (Å²) in [6, 6.07) is 27.3. The van der Waals surface area contributed by atoms with Crippen molar-refractivity contribution in [1.29, 1.82) is 0 Å². The largest absolute Gasteiger partial charge is 0.496 e. The van der Waals surface area contributed by atoms with Crippen molar-refractivity contribution in [2.24, 2.45) is 0 Å². The molecule has 16 aliphatic heterocycles. The van der Waals surface area contributed by atoms with Crippen LogP contribution in [0.15, 0.2) is 72.8 Å². The Hall–Kier alpha value is -1.68. The minimum Gasteiger partial charge on any atom is -0.496 e. The summed E-state index contributed by atoms with van der Waals surface area (Å²) < 4.78 is 35.8. The van der Waals surface area contributed by atoms with Gasteiger partial charge in [-0.1, -0.05) is 166 Å². The highest BCUT2D eigenvalue weighted by molar-refractivity contribution is 8.77. The van der Waals surface area contributed by atoms with E-state index in [1.807, 2.05) is 130 Å². The monoisotopic (exact) mass is 1270 g/mol. The van der Waals surface area contributed by atoms with Gasteiger partial charge in [-0.25, -0.2) is 0 Å². The van der Waals surface area contributed by atoms with Gasteiger partial charge >= 0.3 is 0 Å². The first-order chi connectivity index (χ1) is 37.9. The van der Waals surface area contributed by atoms with Crippen LogP contribution in [-0.2, 0) is 69.0 Å². The number of ether oxygens (including phenoxy) is 6. The quantitative estimate of drug-likeness (QED) is 0.149. The van der Waals surface area contributed by atoms with Gasteiger partial charge in [0.15, 0.2) is 0 Å². The molecular weight excluding hydrogens is 1200 g/mol. The predicted molar refractivity (Wildman–Crippen MR) is 362 cm³/mol. The van der Waals surface area contributed by atoms with E-state index in [0.29, 0.717) is 0 Å². The lowest BCUT2D eigenvalue weighted by molar-refractivity contribution is 0.410. The molecule has 0 amide bonds. The van der Waals surface area contributed by atoms with Gasteiger partial charge in [-0.05, 0) is 145 Å². The number of rotatable bonds is 6. The van der Waals surface area contributed by atoms with Crippen LogP contribution >= 0.6 is 130 Å². The average molecular weight is 1270 g/mol. The van der Waals surface area contributed by atoms with Gasteiger partial charge in [0.1, 0.15) is 34.5 Å². The van der Waals surface area contributed by atoms with Crippen molar-refractivity contribution in [3.05, 3.63) is 173 Å². The van der Waals surface area contributed by atoms with Crippen LogP contribution in [0.5, 0.6) is 34.5 Å². The highest BCUT2D eigenvalue weighted by atomic mass is 33.1. The van der Waals surface area contributed by atoms with Gasteiger partial charge in [0, 0.05) is 102 Å². The number of hydrogen-bond acceptors (Lipinski definition) is 18. The maximum atomic E-state index is 5.97. The maximum absolute atomic E-state index is 5.97. The van der Waals surface area contributed by atoms with Crippen molar-refractivity contribution in [3.8, 4) is 34.5 Å². The van der Waals surface area contributed by atoms with Crippen LogP contribution in [0, 0.1) is 41.5 Å². The molecule has 0 N–H and O–H groups in total. The zero-order valence-corrected chi connectivity index (χ0v) is 56.6. The minimum atomic E-state index is 0.855. The molecule has 22 rings (SSSR count). The molecule has 16 heterocycles. The Morgan fingerprint density at radius 1 is 0.192 bits per heavy atom. The van der Waals surface area contributed by atoms with Crippen LogP contribution in [0.1, 0.15) is 100 Å². The molecule has 6 nitrogen and oxygen atoms in total. The molecule has 0 saturated heterocycles. The van der Waals surface area contributed by atoms with Crippen molar-refractivity contribution < 1.29 is 28.4 Å². The third kappa shape index (κ3) is 18.2. The van der Waals surface area contributed by atoms with Gasteiger partial charge in [0.2, 0.25) is 0 Å². The second kappa shape index (κ2) is 33.0. The first-order valence-electron chi connectivity index (χ1n) is 25.3. The number of benzene rings is 6. The maximum Gasteiger partial charge on any atom is 0.123 e. The molecule has 420 valence electrons. The molecule has 6 aromatic rings. The first-order valence-corrected chi connectivity index (χ1v) is 40.2. The van der Waals surface area contributed by atoms with E-state index >= 15 is 0 Å². The van der Waals surface area contributed by atoms with E-state index in [9.17, 15) is 0 Å². The summed E-state index contributed by atoms with van der Waals surface area (Å²) in [6.07, 6.45) is 0. The Bertz CT molecular complexity index is 2950. The van der Waals surface area contributed by atoms with Crippen molar-refractivity contribution in [2.75, 3.05) is 42.7 Å². The van der Waals surface area contributed by atoms with Gasteiger partial charge in [-0.3, -0.25) is 0 Å². The normalized spacial score (nSPS) is 15.2. The Labute approximate surface area is 513 Å². The van der Waals surface area contributed by atoms with Crippen molar-refractivity contribution in [2.45, 2.75) is 111 Å². The smallest absolute Gasteiger partial charge is 0.123 e. The summed E-state index contributed by atoms with van der Waals surface area (Å²) in [5, 5.41) is 0. The molecule has 6 aromatic carbocycles. The number of aryl methyl sites for hydroxylation is 6. The van der Waals surface area contributed by atoms with Gasteiger partial charge in [-0.2, -0.15) is 0 Å². The van der Waals surface area contributed by atoms with Crippen LogP contribution in [0.4, 0.5) is 0 Å². The zero-order valence-electron chi connectivity index (χ0n) is 46.8. The van der Waals surface area contributed by atoms with Crippen LogP contribution in [0.2, 0.25) is 0 Å². The number of methoxy groups -OCH3 is 6. The molecule has 12 bridgehead atoms. The Morgan fingerprint density at radius 2 is 0.308 bits per heavy atom. The Balaban J connectivity index is 1.03. The van der Waals surface area contributed by atoms with Crippen LogP contribution in [0.25, 0.3) is 0 Å². The Kier molecular flexibility index (Phi) is 27.0. The summed E-state index contributed by atoms with van der Waals surface area (Å²) in [6.45, 7) is 13.3. The van der Waals surface area contributed by atoms with E-state index in [0.717, 1.165) is 104 Å². The molecule has 0 atom stereocenters. The van der Waals surface area contributed by atoms with Crippen LogP contribution < -0.4 is 28.4 Å². The average Bonchev–Trinajstić information content (AvgIpc) is 3.45. The molecular formula is C60H72O6S12. The van der Waals surface area contributed by atoms with Crippen molar-refractivity contribution in [1.82, 2.24) is 0 Å². The lowest BCUT2D eigenvalue weighted by Crippen LogP contribution is -1.97. The fourth-order valence-electron chi connectivity index (χ4n) is 8.75. The molecule has 0 unspecified atom stereocenters. The van der Waals surface area contributed by atoms with Gasteiger partial charge in [0.05, 0.1) is 42.7 Å². The molecule has 0 aromatic heterocycles. The summed E-state index contributed by atoms with van der Waals surface area (Å²) in [7, 11) is 33.3. The standard InChI is InChI=1S/C60H72O6S12/c1-37-13-49-31-73-69-27-45-21-57(63-9)51(15-39(45)3)33-75-70-28-46-22-58(64-10)52(16-40(46)4)34-76-72-30-48-24-60(66-12)54(18-42(48)6)36-78-77-35-53-17-41(5)47(23-59(53)65-11)29-71-74-32-50-14-38(2)44(20-56(50)62-8)26-68-67-25-43(37)19-55(49)61-7/h13-24H,25-36H2,1-12H3. The van der Waals surface area contributed by atoms with Crippen LogP contribution in [-0.4, -0.2) is 42.7 Å². The Morgan fingerprint density at radius 3 is 0.423 bits per heavy atom. The van der Waals surface area contributed by atoms with E-state index in [2.05, 4.69) is 114 Å². The minimum absolute atomic E-state index is 0.855. The lowest BCUT2D eigenvalue weighted by atomic mass is 10.1. The first kappa shape index (κ1) is 63.9. The summed E-state index contributed by atoms with van der Waals surface area (Å²) >= 11 is 0. The molecule has 18 heteroatoms. The van der Waals surface area contributed by atoms with Crippen molar-refractivity contribution >= 4 is 130 Å². The molecule has 0 aliphatic carbocycles. The number of hydrogen-bond donors (Lipinski definition) is 0. The van der Waals surface area contributed by atoms with Gasteiger partial charge in [0.25, 0.3) is 0 Å². The van der Waals surface area contributed by atoms with E-state index in [1.54, 1.807) is 42.7 Å². The van der Waals surface area contributed by atoms with E-state index < -0.39 is 0 Å². The van der Waals surface area contributed by atoms with Crippen molar-refractivity contribution in [3.63, 3.8) is 0 Å². The second-order valence-electron chi connectivity index (χ2n) is 18.7. The fourth-order valence-corrected chi connectivity index (χ4v) is 22.1. The summed E-state index contributed by atoms with van der Waals surface area (Å²) in [5.41, 5.74) is 23.0. The van der Waals surface area contributed by atoms with E-state index in [-0.39, 0.29) is 0 Å². The van der Waals surface area contributed by atoms with E-state index in [4.69, 9.17) is 28.4 Å². The van der Waals surface area contributed by atoms with Gasteiger partial charge in [-0.15, -0.1) is 0 Å². The fraction of sp³-hybridized carbons (Fsp3) is 0.400. The zero-order chi connectivity index (χ0) is 55.6. The highest BCUT2D eigenvalue weighted by Gasteiger charge is 2.17. The van der Waals surface area contributed by atoms with E-state index in [1.165, 1.54) is 100 Å². The molecule has 0 saturated carbocycles. The third-order valence-electron chi connectivity index (χ3n) is 13.5. The molecule has 0 fully saturated rings. The SMILES string of the molecule is COc1cc2c(C)cc1CSSCc1cc(OC)c(cc1C)CSSCc1cc(OC)c(cc1C)CSSCc1cc(OC)c(cc1C)CSSCc1cc(C)c(cc1OC)CSSCc1cc(C)c(cc1OC)CSSC2. The topological polar surface area (TPSA) is 55.4 Å². The predicted octanol–water partition coefficient (Wildman–Crippen LogP) is 20.4. The lowest BCUT2D eigenvalue weighted by Gasteiger charge is -2.16. The molecule has 0 radical (unpaired) electrons. The van der Waals surface area contributed by atoms with Crippen LogP contribution in [0.3, 0.4) is 0 Å². The summed E-state index contributed by atoms with van der Waals surface area (Å²) in [4.78, 5) is 0. The summed E-state index contributed by atoms with van der Waals surface area (Å²) in [5.74, 6) is 16.3. The second-order valence-corrected chi connectivity index (χ2v) is 33.5. The highest BCUT2D eigenvalue weighted by Crippen LogP contribution is 2.44. The van der Waals surface area contributed by atoms with Gasteiger partial charge < -0.3 is 28.4 Å². The molecule has 0 spiro atoms. The molecule has 78 heavy (non-hydrogen) atoms.